The summed E-state index contributed by atoms with van der Waals surface area (Å²) in [6, 6.07) is 2.11. The molecule has 1 aliphatic rings. The van der Waals surface area contributed by atoms with Crippen molar-refractivity contribution in [3.63, 3.8) is 0 Å². The van der Waals surface area contributed by atoms with Crippen LogP contribution in [-0.4, -0.2) is 40.0 Å². The van der Waals surface area contributed by atoms with Gasteiger partial charge >= 0.3 is 0 Å². The van der Waals surface area contributed by atoms with Gasteiger partial charge in [-0.05, 0) is 18.2 Å². The SMILES string of the molecule is CN(C(=O)c1cc(N)cn1C)C1CCSC1. The van der Waals surface area contributed by atoms with Crippen molar-refractivity contribution in [2.45, 2.75) is 12.5 Å². The third kappa shape index (κ3) is 2.04. The zero-order chi connectivity index (χ0) is 11.7. The van der Waals surface area contributed by atoms with Gasteiger partial charge in [0.1, 0.15) is 5.69 Å². The number of amides is 1. The maximum atomic E-state index is 12.2. The summed E-state index contributed by atoms with van der Waals surface area (Å²) in [5.74, 6) is 2.26. The predicted molar refractivity (Wildman–Crippen MR) is 67.6 cm³/mol. The summed E-state index contributed by atoms with van der Waals surface area (Å²) < 4.78 is 1.79. The average Bonchev–Trinajstić information content (AvgIpc) is 2.85. The van der Waals surface area contributed by atoms with Gasteiger partial charge in [-0.25, -0.2) is 0 Å². The summed E-state index contributed by atoms with van der Waals surface area (Å²) in [6.07, 6.45) is 2.86. The quantitative estimate of drug-likeness (QED) is 0.843. The Bertz CT molecular complexity index is 396. The standard InChI is InChI=1S/C11H17N3OS/c1-13-6-8(12)5-10(13)11(15)14(2)9-3-4-16-7-9/h5-6,9H,3-4,7,12H2,1-2H3. The number of hydrogen-bond acceptors (Lipinski definition) is 3. The van der Waals surface area contributed by atoms with Crippen molar-refractivity contribution >= 4 is 23.4 Å². The molecule has 0 radical (unpaired) electrons. The zero-order valence-corrected chi connectivity index (χ0v) is 10.5. The van der Waals surface area contributed by atoms with Crippen LogP contribution in [0.5, 0.6) is 0 Å². The molecule has 4 nitrogen and oxygen atoms in total. The second-order valence-corrected chi connectivity index (χ2v) is 5.35. The molecule has 5 heteroatoms. The largest absolute Gasteiger partial charge is 0.397 e. The highest BCUT2D eigenvalue weighted by molar-refractivity contribution is 7.99. The highest BCUT2D eigenvalue weighted by atomic mass is 32.2. The minimum absolute atomic E-state index is 0.0618. The van der Waals surface area contributed by atoms with Gasteiger partial charge in [0.25, 0.3) is 5.91 Å². The van der Waals surface area contributed by atoms with Gasteiger partial charge in [-0.2, -0.15) is 11.8 Å². The topological polar surface area (TPSA) is 51.3 Å². The van der Waals surface area contributed by atoms with Crippen LogP contribution in [0.25, 0.3) is 0 Å². The maximum absolute atomic E-state index is 12.2. The minimum Gasteiger partial charge on any atom is -0.397 e. The Morgan fingerprint density at radius 1 is 1.69 bits per heavy atom. The van der Waals surface area contributed by atoms with Gasteiger partial charge in [-0.1, -0.05) is 0 Å². The number of nitrogens with zero attached hydrogens (tertiary/aromatic N) is 2. The monoisotopic (exact) mass is 239 g/mol. The van der Waals surface area contributed by atoms with Gasteiger partial charge in [-0.15, -0.1) is 0 Å². The van der Waals surface area contributed by atoms with Crippen LogP contribution in [0.4, 0.5) is 5.69 Å². The number of thioether (sulfide) groups is 1. The normalized spacial score (nSPS) is 20.0. The van der Waals surface area contributed by atoms with Crippen LogP contribution < -0.4 is 5.73 Å². The van der Waals surface area contributed by atoms with E-state index in [1.807, 2.05) is 30.8 Å². The molecule has 1 aromatic heterocycles. The summed E-state index contributed by atoms with van der Waals surface area (Å²) in [4.78, 5) is 14.0. The summed E-state index contributed by atoms with van der Waals surface area (Å²) >= 11 is 1.91. The van der Waals surface area contributed by atoms with E-state index in [1.165, 1.54) is 0 Å². The van der Waals surface area contributed by atoms with Crippen LogP contribution in [0.1, 0.15) is 16.9 Å². The summed E-state index contributed by atoms with van der Waals surface area (Å²) in [5.41, 5.74) is 6.98. The summed E-state index contributed by atoms with van der Waals surface area (Å²) in [6.45, 7) is 0. The molecule has 1 aliphatic heterocycles. The number of rotatable bonds is 2. The molecule has 0 aromatic carbocycles. The van der Waals surface area contributed by atoms with Crippen molar-refractivity contribution in [1.82, 2.24) is 9.47 Å². The Morgan fingerprint density at radius 3 is 2.94 bits per heavy atom. The molecule has 1 atom stereocenters. The van der Waals surface area contributed by atoms with E-state index in [2.05, 4.69) is 0 Å². The van der Waals surface area contributed by atoms with Crippen molar-refractivity contribution in [1.29, 1.82) is 0 Å². The van der Waals surface area contributed by atoms with Crippen LogP contribution in [0.3, 0.4) is 0 Å². The average molecular weight is 239 g/mol. The Labute approximate surface area is 99.8 Å². The van der Waals surface area contributed by atoms with Gasteiger partial charge in [-0.3, -0.25) is 4.79 Å². The number of anilines is 1. The van der Waals surface area contributed by atoms with E-state index in [0.29, 0.717) is 17.4 Å². The van der Waals surface area contributed by atoms with E-state index < -0.39 is 0 Å². The summed E-state index contributed by atoms with van der Waals surface area (Å²) in [5, 5.41) is 0. The highest BCUT2D eigenvalue weighted by Gasteiger charge is 2.25. The molecule has 88 valence electrons. The Hall–Kier alpha value is -1.10. The molecule has 2 N–H and O–H groups in total. The lowest BCUT2D eigenvalue weighted by Crippen LogP contribution is -2.37. The number of aromatic nitrogens is 1. The molecule has 2 rings (SSSR count). The second kappa shape index (κ2) is 4.41. The van der Waals surface area contributed by atoms with E-state index in [4.69, 9.17) is 5.73 Å². The van der Waals surface area contributed by atoms with E-state index in [1.54, 1.807) is 16.8 Å². The number of nitrogen functional groups attached to an aromatic ring is 1. The molecule has 0 saturated carbocycles. The third-order valence-electron chi connectivity index (χ3n) is 3.02. The smallest absolute Gasteiger partial charge is 0.270 e. The Balaban J connectivity index is 2.14. The fourth-order valence-corrected chi connectivity index (χ4v) is 3.24. The molecule has 1 unspecified atom stereocenters. The van der Waals surface area contributed by atoms with Crippen LogP contribution in [0, 0.1) is 0 Å². The molecule has 0 bridgehead atoms. The number of aryl methyl sites for hydroxylation is 1. The minimum atomic E-state index is 0.0618. The zero-order valence-electron chi connectivity index (χ0n) is 9.64. The lowest BCUT2D eigenvalue weighted by molar-refractivity contribution is 0.0738. The first-order valence-corrected chi connectivity index (χ1v) is 6.52. The van der Waals surface area contributed by atoms with Crippen molar-refractivity contribution in [2.75, 3.05) is 24.3 Å². The number of carbonyl (C=O) groups is 1. The Kier molecular flexibility index (Phi) is 3.14. The fraction of sp³-hybridized carbons (Fsp3) is 0.545. The maximum Gasteiger partial charge on any atom is 0.270 e. The van der Waals surface area contributed by atoms with E-state index >= 15 is 0 Å². The van der Waals surface area contributed by atoms with Crippen molar-refractivity contribution in [3.8, 4) is 0 Å². The molecule has 1 saturated heterocycles. The molecule has 0 aliphatic carbocycles. The van der Waals surface area contributed by atoms with E-state index in [9.17, 15) is 4.79 Å². The first-order valence-electron chi connectivity index (χ1n) is 5.36. The van der Waals surface area contributed by atoms with Gasteiger partial charge in [0.05, 0.1) is 5.69 Å². The molecular formula is C11H17N3OS. The lowest BCUT2D eigenvalue weighted by Gasteiger charge is -2.23. The van der Waals surface area contributed by atoms with Crippen LogP contribution in [-0.2, 0) is 7.05 Å². The molecule has 2 heterocycles. The van der Waals surface area contributed by atoms with Crippen molar-refractivity contribution in [3.05, 3.63) is 18.0 Å². The predicted octanol–water partition coefficient (Wildman–Crippen LogP) is 1.18. The van der Waals surface area contributed by atoms with E-state index in [-0.39, 0.29) is 5.91 Å². The summed E-state index contributed by atoms with van der Waals surface area (Å²) in [7, 11) is 3.73. The molecular weight excluding hydrogens is 222 g/mol. The van der Waals surface area contributed by atoms with Gasteiger partial charge in [0.15, 0.2) is 0 Å². The number of hydrogen-bond donors (Lipinski definition) is 1. The van der Waals surface area contributed by atoms with Gasteiger partial charge in [0.2, 0.25) is 0 Å². The lowest BCUT2D eigenvalue weighted by atomic mass is 10.2. The highest BCUT2D eigenvalue weighted by Crippen LogP contribution is 2.23. The first kappa shape index (κ1) is 11.4. The van der Waals surface area contributed by atoms with Crippen molar-refractivity contribution in [2.24, 2.45) is 7.05 Å². The second-order valence-electron chi connectivity index (χ2n) is 4.20. The number of nitrogens with two attached hydrogens (primary N) is 1. The molecule has 1 fully saturated rings. The molecule has 16 heavy (non-hydrogen) atoms. The fourth-order valence-electron chi connectivity index (χ4n) is 1.98. The van der Waals surface area contributed by atoms with Gasteiger partial charge in [0, 0.05) is 32.1 Å². The molecule has 0 spiro atoms. The Morgan fingerprint density at radius 2 is 2.44 bits per heavy atom. The molecule has 1 aromatic rings. The van der Waals surface area contributed by atoms with E-state index in [0.717, 1.165) is 17.9 Å². The van der Waals surface area contributed by atoms with Crippen LogP contribution in [0.2, 0.25) is 0 Å². The van der Waals surface area contributed by atoms with Gasteiger partial charge < -0.3 is 15.2 Å². The van der Waals surface area contributed by atoms with Crippen LogP contribution >= 0.6 is 11.8 Å². The van der Waals surface area contributed by atoms with Crippen LogP contribution in [0.15, 0.2) is 12.3 Å². The first-order chi connectivity index (χ1) is 7.59. The number of carbonyl (C=O) groups excluding carboxylic acids is 1. The molecule has 1 amide bonds. The third-order valence-corrected chi connectivity index (χ3v) is 4.16. The van der Waals surface area contributed by atoms with Crippen molar-refractivity contribution < 1.29 is 4.79 Å².